The fourth-order valence-corrected chi connectivity index (χ4v) is 3.39. The Bertz CT molecular complexity index is 1340. The summed E-state index contributed by atoms with van der Waals surface area (Å²) in [5.41, 5.74) is -2.93. The van der Waals surface area contributed by atoms with E-state index in [-0.39, 0.29) is 39.0 Å². The van der Waals surface area contributed by atoms with Crippen LogP contribution in [0.15, 0.2) is 47.4 Å². The number of aliphatic hydroxyl groups is 1. The lowest BCUT2D eigenvalue weighted by atomic mass is 10.0. The third kappa shape index (κ3) is 4.62. The first-order valence-electron chi connectivity index (χ1n) is 10.7. The van der Waals surface area contributed by atoms with Crippen molar-refractivity contribution in [3.05, 3.63) is 59.4 Å². The molecule has 0 bridgehead atoms. The van der Waals surface area contributed by atoms with Gasteiger partial charge in [-0.3, -0.25) is 4.68 Å². The highest BCUT2D eigenvalue weighted by Gasteiger charge is 2.31. The summed E-state index contributed by atoms with van der Waals surface area (Å²) in [4.78, 5) is 8.27. The predicted octanol–water partition coefficient (Wildman–Crippen LogP) is 5.55. The number of aromatic nitrogens is 5. The fourth-order valence-electron chi connectivity index (χ4n) is 3.14. The summed E-state index contributed by atoms with van der Waals surface area (Å²) in [6.45, 7) is 0.218. The van der Waals surface area contributed by atoms with Crippen LogP contribution in [0.1, 0.15) is 35.1 Å². The van der Waals surface area contributed by atoms with Crippen molar-refractivity contribution in [3.63, 3.8) is 0 Å². The Morgan fingerprint density at radius 2 is 1.94 bits per heavy atom. The molecule has 3 heterocycles. The van der Waals surface area contributed by atoms with E-state index < -0.39 is 36.5 Å². The molecule has 0 spiro atoms. The standard InChI is InChI=1S/C22H19ClF3N5O2/c1-22(2,32)7-10-31-18(20(25)26)12(11-29-31)19-16(21-27-8-4-9-28-21)17(30-33-19)15-13(23)5-3-6-14(15)24/h3-6,8-9,11,20,32H,7,10H2,1-2H3/i10D2. The first kappa shape index (κ1) is 20.4. The van der Waals surface area contributed by atoms with E-state index in [1.165, 1.54) is 44.4 Å². The normalized spacial score (nSPS) is 13.3. The monoisotopic (exact) mass is 479 g/mol. The highest BCUT2D eigenvalue weighted by Crippen LogP contribution is 2.43. The van der Waals surface area contributed by atoms with Gasteiger partial charge in [0.05, 0.1) is 36.3 Å². The second-order valence-electron chi connectivity index (χ2n) is 7.71. The lowest BCUT2D eigenvalue weighted by Gasteiger charge is -2.17. The molecule has 0 radical (unpaired) electrons. The summed E-state index contributed by atoms with van der Waals surface area (Å²) in [5, 5.41) is 17.8. The molecule has 0 aliphatic carbocycles. The first-order valence-corrected chi connectivity index (χ1v) is 10.1. The summed E-state index contributed by atoms with van der Waals surface area (Å²) >= 11 is 6.21. The van der Waals surface area contributed by atoms with E-state index in [0.717, 1.165) is 12.3 Å². The molecule has 4 rings (SSSR count). The van der Waals surface area contributed by atoms with Crippen LogP contribution in [0.2, 0.25) is 5.02 Å². The number of hydrogen-bond donors (Lipinski definition) is 1. The molecule has 0 aliphatic heterocycles. The van der Waals surface area contributed by atoms with Gasteiger partial charge in [0.1, 0.15) is 17.2 Å². The van der Waals surface area contributed by atoms with Crippen LogP contribution < -0.4 is 0 Å². The third-order valence-electron chi connectivity index (χ3n) is 4.60. The van der Waals surface area contributed by atoms with E-state index in [4.69, 9.17) is 18.9 Å². The summed E-state index contributed by atoms with van der Waals surface area (Å²) < 4.78 is 65.8. The van der Waals surface area contributed by atoms with Crippen LogP contribution in [0, 0.1) is 5.82 Å². The molecule has 172 valence electrons. The number of benzene rings is 1. The number of alkyl halides is 2. The van der Waals surface area contributed by atoms with Crippen molar-refractivity contribution in [2.24, 2.45) is 0 Å². The van der Waals surface area contributed by atoms with Crippen LogP contribution >= 0.6 is 11.6 Å². The number of halogens is 4. The van der Waals surface area contributed by atoms with Crippen molar-refractivity contribution in [2.45, 2.75) is 38.8 Å². The Labute approximate surface area is 194 Å². The van der Waals surface area contributed by atoms with E-state index in [0.29, 0.717) is 4.68 Å². The van der Waals surface area contributed by atoms with Crippen LogP contribution in [-0.2, 0) is 6.50 Å². The Morgan fingerprint density at radius 3 is 2.58 bits per heavy atom. The van der Waals surface area contributed by atoms with Crippen molar-refractivity contribution < 1.29 is 25.5 Å². The Hall–Kier alpha value is -3.24. The Morgan fingerprint density at radius 1 is 1.21 bits per heavy atom. The molecule has 0 unspecified atom stereocenters. The van der Waals surface area contributed by atoms with Crippen LogP contribution in [0.5, 0.6) is 0 Å². The molecule has 3 aromatic heterocycles. The van der Waals surface area contributed by atoms with Crippen molar-refractivity contribution in [1.82, 2.24) is 24.9 Å². The maximum absolute atomic E-state index is 14.8. The summed E-state index contributed by atoms with van der Waals surface area (Å²) in [6.07, 6.45) is 0.0570. The molecular formula is C22H19ClF3N5O2. The van der Waals surface area contributed by atoms with E-state index >= 15 is 0 Å². The van der Waals surface area contributed by atoms with Gasteiger partial charge in [-0.05, 0) is 38.5 Å². The molecule has 7 nitrogen and oxygen atoms in total. The van der Waals surface area contributed by atoms with Gasteiger partial charge in [0, 0.05) is 18.9 Å². The maximum Gasteiger partial charge on any atom is 0.280 e. The first-order chi connectivity index (χ1) is 16.4. The third-order valence-corrected chi connectivity index (χ3v) is 4.92. The van der Waals surface area contributed by atoms with Crippen LogP contribution in [0.4, 0.5) is 13.2 Å². The molecule has 0 fully saturated rings. The van der Waals surface area contributed by atoms with Gasteiger partial charge >= 0.3 is 0 Å². The van der Waals surface area contributed by atoms with Crippen molar-refractivity contribution in [2.75, 3.05) is 0 Å². The second kappa shape index (κ2) is 8.95. The van der Waals surface area contributed by atoms with Gasteiger partial charge in [-0.15, -0.1) is 0 Å². The zero-order valence-electron chi connectivity index (χ0n) is 19.4. The Kier molecular flexibility index (Phi) is 5.53. The molecule has 1 aromatic carbocycles. The largest absolute Gasteiger partial charge is 0.390 e. The van der Waals surface area contributed by atoms with Crippen molar-refractivity contribution >= 4 is 11.6 Å². The summed E-state index contributed by atoms with van der Waals surface area (Å²) in [5.74, 6) is -1.02. The average Bonchev–Trinajstić information content (AvgIpc) is 3.37. The van der Waals surface area contributed by atoms with Gasteiger partial charge in [-0.2, -0.15) is 5.10 Å². The Balaban J connectivity index is 1.99. The van der Waals surface area contributed by atoms with Gasteiger partial charge < -0.3 is 9.63 Å². The summed E-state index contributed by atoms with van der Waals surface area (Å²) in [7, 11) is 0. The van der Waals surface area contributed by atoms with Gasteiger partial charge in [0.2, 0.25) is 0 Å². The molecule has 1 N–H and O–H groups in total. The lowest BCUT2D eigenvalue weighted by Crippen LogP contribution is -2.22. The van der Waals surface area contributed by atoms with Gasteiger partial charge in [-0.1, -0.05) is 22.8 Å². The minimum atomic E-state index is -3.19. The average molecular weight is 480 g/mol. The zero-order chi connectivity index (χ0) is 25.5. The van der Waals surface area contributed by atoms with Gasteiger partial charge in [0.25, 0.3) is 6.43 Å². The number of nitrogens with zero attached hydrogens (tertiary/aromatic N) is 5. The van der Waals surface area contributed by atoms with Crippen LogP contribution in [0.25, 0.3) is 34.0 Å². The molecule has 0 saturated carbocycles. The van der Waals surface area contributed by atoms with E-state index in [2.05, 4.69) is 20.2 Å². The highest BCUT2D eigenvalue weighted by molar-refractivity contribution is 6.33. The minimum Gasteiger partial charge on any atom is -0.390 e. The fraction of sp³-hybridized carbons (Fsp3) is 0.273. The topological polar surface area (TPSA) is 89.9 Å². The van der Waals surface area contributed by atoms with E-state index in [9.17, 15) is 18.3 Å². The molecule has 11 heteroatoms. The maximum atomic E-state index is 14.8. The highest BCUT2D eigenvalue weighted by atomic mass is 35.5. The van der Waals surface area contributed by atoms with Gasteiger partial charge in [0.15, 0.2) is 11.6 Å². The predicted molar refractivity (Wildman–Crippen MR) is 115 cm³/mol. The van der Waals surface area contributed by atoms with Crippen LogP contribution in [0.3, 0.4) is 0 Å². The van der Waals surface area contributed by atoms with Crippen LogP contribution in [-0.4, -0.2) is 35.6 Å². The molecule has 33 heavy (non-hydrogen) atoms. The number of rotatable bonds is 7. The molecule has 0 saturated heterocycles. The van der Waals surface area contributed by atoms with E-state index in [1.807, 2.05) is 0 Å². The second-order valence-corrected chi connectivity index (χ2v) is 8.11. The SMILES string of the molecule is [2H]C([2H])(CC(C)(C)O)n1ncc(-c2onc(-c3c(F)cccc3Cl)c2-c2ncccn2)c1C(F)F. The molecule has 0 aliphatic rings. The number of hydrogen-bond acceptors (Lipinski definition) is 6. The minimum absolute atomic E-state index is 0.00619. The molecule has 0 atom stereocenters. The number of aryl methyl sites for hydroxylation is 1. The smallest absolute Gasteiger partial charge is 0.280 e. The quantitative estimate of drug-likeness (QED) is 0.373. The molecular weight excluding hydrogens is 459 g/mol. The van der Waals surface area contributed by atoms with Crippen molar-refractivity contribution in [1.29, 1.82) is 0 Å². The zero-order valence-corrected chi connectivity index (χ0v) is 18.2. The van der Waals surface area contributed by atoms with Gasteiger partial charge in [-0.25, -0.2) is 23.1 Å². The molecule has 4 aromatic rings. The van der Waals surface area contributed by atoms with E-state index in [1.54, 1.807) is 0 Å². The lowest BCUT2D eigenvalue weighted by molar-refractivity contribution is 0.0626. The summed E-state index contributed by atoms with van der Waals surface area (Å²) in [6, 6.07) is 5.50. The molecule has 0 amide bonds. The van der Waals surface area contributed by atoms with Crippen molar-refractivity contribution in [3.8, 4) is 34.0 Å².